The van der Waals surface area contributed by atoms with Crippen molar-refractivity contribution >= 4 is 28.2 Å². The Morgan fingerprint density at radius 2 is 1.62 bits per heavy atom. The van der Waals surface area contributed by atoms with Crippen LogP contribution in [0.25, 0.3) is 10.8 Å². The van der Waals surface area contributed by atoms with E-state index in [0.29, 0.717) is 22.4 Å². The third-order valence-corrected chi connectivity index (χ3v) is 5.96. The summed E-state index contributed by atoms with van der Waals surface area (Å²) in [5.41, 5.74) is -0.0394. The predicted octanol–water partition coefficient (Wildman–Crippen LogP) is 4.99. The number of nitrogens with zero attached hydrogens (tertiary/aromatic N) is 1. The largest absolute Gasteiger partial charge is 0.375 e. The van der Waals surface area contributed by atoms with Crippen LogP contribution < -0.4 is 4.90 Å². The van der Waals surface area contributed by atoms with Crippen LogP contribution in [0.2, 0.25) is 0 Å². The van der Waals surface area contributed by atoms with Crippen LogP contribution >= 0.6 is 0 Å². The smallest absolute Gasteiger partial charge is 0.264 e. The van der Waals surface area contributed by atoms with Gasteiger partial charge in [0.05, 0.1) is 18.7 Å². The van der Waals surface area contributed by atoms with Crippen molar-refractivity contribution in [1.29, 1.82) is 0 Å². The zero-order valence-electron chi connectivity index (χ0n) is 17.2. The highest BCUT2D eigenvalue weighted by Gasteiger charge is 2.50. The van der Waals surface area contributed by atoms with Crippen molar-refractivity contribution in [3.05, 3.63) is 114 Å². The van der Waals surface area contributed by atoms with E-state index >= 15 is 0 Å². The lowest BCUT2D eigenvalue weighted by molar-refractivity contribution is -0.136. The van der Waals surface area contributed by atoms with Crippen molar-refractivity contribution in [2.45, 2.75) is 18.6 Å². The second-order valence-electron chi connectivity index (χ2n) is 8.06. The van der Waals surface area contributed by atoms with Gasteiger partial charge < -0.3 is 10.0 Å². The molecule has 5 heteroatoms. The number of carbonyl (C=O) groups excluding carboxylic acids is 2. The van der Waals surface area contributed by atoms with Crippen LogP contribution in [0.5, 0.6) is 0 Å². The van der Waals surface area contributed by atoms with Crippen LogP contribution in [0.4, 0.5) is 10.1 Å². The molecule has 0 bridgehead atoms. The second kappa shape index (κ2) is 7.70. The number of ketones is 1. The lowest BCUT2D eigenvalue weighted by Crippen LogP contribution is -2.41. The zero-order valence-corrected chi connectivity index (χ0v) is 17.2. The van der Waals surface area contributed by atoms with Gasteiger partial charge in [0.25, 0.3) is 5.91 Å². The molecule has 0 aromatic heterocycles. The summed E-state index contributed by atoms with van der Waals surface area (Å²) in [7, 11) is 0. The number of Topliss-reactive ketones (excluding diaryl/α,β-unsaturated/α-hetero) is 1. The second-order valence-corrected chi connectivity index (χ2v) is 8.06. The molecular formula is C27H20FNO3. The van der Waals surface area contributed by atoms with Gasteiger partial charge in [0.2, 0.25) is 0 Å². The maximum absolute atomic E-state index is 13.7. The molecule has 0 unspecified atom stereocenters. The average molecular weight is 425 g/mol. The molecule has 0 saturated carbocycles. The van der Waals surface area contributed by atoms with E-state index in [4.69, 9.17) is 0 Å². The number of carbonyl (C=O) groups is 2. The molecule has 1 aliphatic heterocycles. The van der Waals surface area contributed by atoms with Crippen LogP contribution in [0, 0.1) is 5.82 Å². The number of hydrogen-bond acceptors (Lipinski definition) is 3. The van der Waals surface area contributed by atoms with Crippen LogP contribution in [-0.2, 0) is 16.9 Å². The molecule has 1 amide bonds. The highest BCUT2D eigenvalue weighted by atomic mass is 19.1. The van der Waals surface area contributed by atoms with Crippen LogP contribution in [0.15, 0.2) is 91.0 Å². The Morgan fingerprint density at radius 1 is 0.875 bits per heavy atom. The Balaban J connectivity index is 1.48. The molecule has 1 aliphatic rings. The molecule has 1 atom stereocenters. The summed E-state index contributed by atoms with van der Waals surface area (Å²) in [6.07, 6.45) is -0.374. The molecule has 0 aliphatic carbocycles. The topological polar surface area (TPSA) is 57.6 Å². The first kappa shape index (κ1) is 20.1. The molecule has 32 heavy (non-hydrogen) atoms. The molecule has 0 saturated heterocycles. The van der Waals surface area contributed by atoms with Crippen LogP contribution in [0.1, 0.15) is 27.9 Å². The van der Waals surface area contributed by atoms with E-state index in [-0.39, 0.29) is 18.7 Å². The Morgan fingerprint density at radius 3 is 2.44 bits per heavy atom. The number of aliphatic hydroxyl groups is 1. The van der Waals surface area contributed by atoms with Gasteiger partial charge in [-0.15, -0.1) is 0 Å². The summed E-state index contributed by atoms with van der Waals surface area (Å²) in [6.45, 7) is 0.0973. The summed E-state index contributed by atoms with van der Waals surface area (Å²) in [6, 6.07) is 25.9. The third kappa shape index (κ3) is 3.37. The molecule has 1 heterocycles. The van der Waals surface area contributed by atoms with Crippen molar-refractivity contribution in [3.8, 4) is 0 Å². The zero-order chi connectivity index (χ0) is 22.3. The first-order valence-electron chi connectivity index (χ1n) is 10.4. The van der Waals surface area contributed by atoms with E-state index in [1.165, 1.54) is 17.0 Å². The van der Waals surface area contributed by atoms with Crippen molar-refractivity contribution in [2.24, 2.45) is 0 Å². The highest BCUT2D eigenvalue weighted by molar-refractivity contribution is 6.11. The maximum Gasteiger partial charge on any atom is 0.264 e. The van der Waals surface area contributed by atoms with E-state index in [1.54, 1.807) is 48.5 Å². The maximum atomic E-state index is 13.7. The minimum Gasteiger partial charge on any atom is -0.375 e. The van der Waals surface area contributed by atoms with E-state index in [0.717, 1.165) is 10.8 Å². The molecule has 0 spiro atoms. The van der Waals surface area contributed by atoms with Gasteiger partial charge in [0.1, 0.15) is 5.82 Å². The van der Waals surface area contributed by atoms with E-state index in [1.807, 2.05) is 30.3 Å². The number of benzene rings is 4. The fourth-order valence-electron chi connectivity index (χ4n) is 4.35. The van der Waals surface area contributed by atoms with Crippen molar-refractivity contribution in [1.82, 2.24) is 0 Å². The van der Waals surface area contributed by atoms with Gasteiger partial charge in [-0.25, -0.2) is 4.39 Å². The number of halogens is 1. The number of anilines is 1. The molecule has 4 aromatic rings. The molecule has 4 nitrogen and oxygen atoms in total. The van der Waals surface area contributed by atoms with E-state index in [9.17, 15) is 19.1 Å². The molecule has 5 rings (SSSR count). The first-order chi connectivity index (χ1) is 15.5. The van der Waals surface area contributed by atoms with Gasteiger partial charge in [-0.1, -0.05) is 66.7 Å². The van der Waals surface area contributed by atoms with Crippen LogP contribution in [-0.4, -0.2) is 16.8 Å². The van der Waals surface area contributed by atoms with Gasteiger partial charge in [-0.05, 0) is 40.6 Å². The lowest BCUT2D eigenvalue weighted by atomic mass is 9.88. The fraction of sp³-hybridized carbons (Fsp3) is 0.111. The van der Waals surface area contributed by atoms with Gasteiger partial charge in [-0.3, -0.25) is 9.59 Å². The Labute approximate surface area is 184 Å². The van der Waals surface area contributed by atoms with Gasteiger partial charge in [0.15, 0.2) is 11.4 Å². The van der Waals surface area contributed by atoms with Crippen LogP contribution in [0.3, 0.4) is 0 Å². The third-order valence-electron chi connectivity index (χ3n) is 5.96. The predicted molar refractivity (Wildman–Crippen MR) is 121 cm³/mol. The normalized spacial score (nSPS) is 17.6. The number of rotatable bonds is 5. The monoisotopic (exact) mass is 425 g/mol. The summed E-state index contributed by atoms with van der Waals surface area (Å²) in [4.78, 5) is 27.9. The minimum atomic E-state index is -1.98. The Bertz CT molecular complexity index is 1370. The number of amides is 1. The highest BCUT2D eigenvalue weighted by Crippen LogP contribution is 2.43. The SMILES string of the molecule is O=C(C[C@]1(O)C(=O)N(Cc2cccc(F)c2)c2ccccc21)c1ccc2ccccc2c1. The lowest BCUT2D eigenvalue weighted by Gasteiger charge is -2.23. The summed E-state index contributed by atoms with van der Waals surface area (Å²) in [5, 5.41) is 13.4. The summed E-state index contributed by atoms with van der Waals surface area (Å²) in [5.74, 6) is -1.31. The average Bonchev–Trinajstić information content (AvgIpc) is 3.01. The summed E-state index contributed by atoms with van der Waals surface area (Å²) >= 11 is 0. The Kier molecular flexibility index (Phi) is 4.83. The molecule has 0 fully saturated rings. The first-order valence-corrected chi connectivity index (χ1v) is 10.4. The fourth-order valence-corrected chi connectivity index (χ4v) is 4.35. The number of hydrogen-bond donors (Lipinski definition) is 1. The summed E-state index contributed by atoms with van der Waals surface area (Å²) < 4.78 is 13.7. The van der Waals surface area contributed by atoms with E-state index in [2.05, 4.69) is 0 Å². The van der Waals surface area contributed by atoms with Crippen molar-refractivity contribution in [3.63, 3.8) is 0 Å². The van der Waals surface area contributed by atoms with Gasteiger partial charge in [-0.2, -0.15) is 0 Å². The molecule has 4 aromatic carbocycles. The number of fused-ring (bicyclic) bond motifs is 2. The standard InChI is InChI=1S/C27H20FNO3/c28-22-9-5-6-18(14-22)17-29-24-11-4-3-10-23(24)27(32,26(29)31)16-25(30)21-13-12-19-7-1-2-8-20(19)15-21/h1-15,32H,16-17H2/t27-/m1/s1. The van der Waals surface area contributed by atoms with Gasteiger partial charge in [0, 0.05) is 11.1 Å². The molecular weight excluding hydrogens is 405 g/mol. The number of para-hydroxylation sites is 1. The minimum absolute atomic E-state index is 0.0973. The Hall–Kier alpha value is -3.83. The van der Waals surface area contributed by atoms with Crippen molar-refractivity contribution in [2.75, 3.05) is 4.90 Å². The van der Waals surface area contributed by atoms with Crippen molar-refractivity contribution < 1.29 is 19.1 Å². The van der Waals surface area contributed by atoms with Gasteiger partial charge >= 0.3 is 0 Å². The molecule has 0 radical (unpaired) electrons. The molecule has 158 valence electrons. The quantitative estimate of drug-likeness (QED) is 0.459. The molecule has 1 N–H and O–H groups in total. The van der Waals surface area contributed by atoms with E-state index < -0.39 is 17.3 Å².